The van der Waals surface area contributed by atoms with Crippen molar-refractivity contribution in [2.45, 2.75) is 45.1 Å². The summed E-state index contributed by atoms with van der Waals surface area (Å²) in [5.74, 6) is 1.71. The predicted molar refractivity (Wildman–Crippen MR) is 140 cm³/mol. The van der Waals surface area contributed by atoms with Gasteiger partial charge in [-0.1, -0.05) is 55.0 Å². The number of allylic oxidation sites excluding steroid dienone is 1. The Morgan fingerprint density at radius 2 is 1.66 bits per heavy atom. The molecule has 5 rings (SSSR count). The molecular formula is C30H32N2O3. The van der Waals surface area contributed by atoms with Gasteiger partial charge in [0, 0.05) is 17.7 Å². The normalized spacial score (nSPS) is 19.1. The van der Waals surface area contributed by atoms with E-state index in [1.54, 1.807) is 7.11 Å². The van der Waals surface area contributed by atoms with Crippen molar-refractivity contribution in [2.24, 2.45) is 0 Å². The van der Waals surface area contributed by atoms with Crippen molar-refractivity contribution in [3.63, 3.8) is 0 Å². The highest BCUT2D eigenvalue weighted by molar-refractivity contribution is 6.01. The Hall–Kier alpha value is -3.73. The van der Waals surface area contributed by atoms with E-state index in [0.29, 0.717) is 24.5 Å². The molecule has 1 heterocycles. The minimum Gasteiger partial charge on any atom is -0.493 e. The molecule has 2 aliphatic rings. The van der Waals surface area contributed by atoms with Crippen LogP contribution in [0.3, 0.4) is 0 Å². The summed E-state index contributed by atoms with van der Waals surface area (Å²) < 4.78 is 11.5. The second-order valence-corrected chi connectivity index (χ2v) is 9.34. The number of benzene rings is 3. The van der Waals surface area contributed by atoms with Crippen LogP contribution in [0.1, 0.15) is 54.8 Å². The van der Waals surface area contributed by atoms with E-state index in [1.807, 2.05) is 36.4 Å². The van der Waals surface area contributed by atoms with Crippen LogP contribution in [0.25, 0.3) is 0 Å². The van der Waals surface area contributed by atoms with Crippen molar-refractivity contribution in [2.75, 3.05) is 24.4 Å². The Balaban J connectivity index is 1.57. The van der Waals surface area contributed by atoms with Gasteiger partial charge < -0.3 is 20.1 Å². The van der Waals surface area contributed by atoms with E-state index in [9.17, 15) is 4.79 Å². The standard InChI is InChI=1S/C30H32N2O3/c1-4-15-35-27-14-13-21(18-28(27)34-3)30-29-25(31-23-7-5-6-8-24(23)32-30)16-22(17-26(29)33)20-11-9-19(2)10-12-20/h5-14,18,22,30-32H,4,15-17H2,1-3H3. The van der Waals surface area contributed by atoms with Crippen LogP contribution in [0.2, 0.25) is 0 Å². The van der Waals surface area contributed by atoms with Crippen molar-refractivity contribution in [3.8, 4) is 11.5 Å². The van der Waals surface area contributed by atoms with Crippen molar-refractivity contribution >= 4 is 17.2 Å². The van der Waals surface area contributed by atoms with Gasteiger partial charge in [-0.15, -0.1) is 0 Å². The van der Waals surface area contributed by atoms with Crippen LogP contribution in [0.15, 0.2) is 78.0 Å². The Bertz CT molecular complexity index is 1260. The number of carbonyl (C=O) groups excluding carboxylic acids is 1. The van der Waals surface area contributed by atoms with Gasteiger partial charge in [-0.2, -0.15) is 0 Å². The fraction of sp³-hybridized carbons (Fsp3) is 0.300. The first-order valence-corrected chi connectivity index (χ1v) is 12.3. The second kappa shape index (κ2) is 9.87. The number of nitrogens with one attached hydrogen (secondary N) is 2. The number of ether oxygens (including phenoxy) is 2. The molecule has 5 nitrogen and oxygen atoms in total. The average Bonchev–Trinajstić information content (AvgIpc) is 3.04. The molecule has 0 spiro atoms. The predicted octanol–water partition coefficient (Wildman–Crippen LogP) is 6.77. The molecule has 0 saturated carbocycles. The lowest BCUT2D eigenvalue weighted by Gasteiger charge is -2.30. The first-order chi connectivity index (χ1) is 17.1. The number of rotatable bonds is 6. The fourth-order valence-corrected chi connectivity index (χ4v) is 5.01. The molecule has 0 amide bonds. The van der Waals surface area contributed by atoms with E-state index in [2.05, 4.69) is 54.8 Å². The molecule has 3 aromatic carbocycles. The highest BCUT2D eigenvalue weighted by Gasteiger charge is 2.36. The highest BCUT2D eigenvalue weighted by Crippen LogP contribution is 2.45. The van der Waals surface area contributed by atoms with E-state index in [4.69, 9.17) is 9.47 Å². The SMILES string of the molecule is CCCOc1ccc(C2Nc3ccccc3NC3=C2C(=O)CC(c2ccc(C)cc2)C3)cc1OC. The van der Waals surface area contributed by atoms with Crippen LogP contribution >= 0.6 is 0 Å². The van der Waals surface area contributed by atoms with E-state index in [1.165, 1.54) is 11.1 Å². The number of ketones is 1. The van der Waals surface area contributed by atoms with Gasteiger partial charge in [-0.3, -0.25) is 4.79 Å². The summed E-state index contributed by atoms with van der Waals surface area (Å²) in [6, 6.07) is 22.3. The lowest BCUT2D eigenvalue weighted by molar-refractivity contribution is -0.116. The zero-order valence-corrected chi connectivity index (χ0v) is 20.6. The molecule has 3 aromatic rings. The van der Waals surface area contributed by atoms with Crippen molar-refractivity contribution in [1.82, 2.24) is 0 Å². The third kappa shape index (κ3) is 4.63. The third-order valence-electron chi connectivity index (χ3n) is 6.84. The fourth-order valence-electron chi connectivity index (χ4n) is 5.01. The minimum atomic E-state index is -0.290. The summed E-state index contributed by atoms with van der Waals surface area (Å²) in [5, 5.41) is 7.25. The van der Waals surface area contributed by atoms with Crippen LogP contribution in [0.4, 0.5) is 11.4 Å². The van der Waals surface area contributed by atoms with Crippen LogP contribution in [-0.2, 0) is 4.79 Å². The molecule has 35 heavy (non-hydrogen) atoms. The molecule has 180 valence electrons. The van der Waals surface area contributed by atoms with Gasteiger partial charge in [0.05, 0.1) is 31.1 Å². The summed E-state index contributed by atoms with van der Waals surface area (Å²) in [6.45, 7) is 4.79. The van der Waals surface area contributed by atoms with E-state index in [-0.39, 0.29) is 17.7 Å². The number of anilines is 2. The summed E-state index contributed by atoms with van der Waals surface area (Å²) in [5.41, 5.74) is 7.14. The molecule has 1 aliphatic heterocycles. The third-order valence-corrected chi connectivity index (χ3v) is 6.84. The zero-order chi connectivity index (χ0) is 24.4. The summed E-state index contributed by atoms with van der Waals surface area (Å²) >= 11 is 0. The number of hydrogen-bond acceptors (Lipinski definition) is 5. The van der Waals surface area contributed by atoms with Gasteiger partial charge in [-0.25, -0.2) is 0 Å². The smallest absolute Gasteiger partial charge is 0.163 e. The molecule has 2 unspecified atom stereocenters. The molecule has 0 radical (unpaired) electrons. The van der Waals surface area contributed by atoms with Gasteiger partial charge in [-0.05, 0) is 61.1 Å². The molecule has 0 fully saturated rings. The maximum Gasteiger partial charge on any atom is 0.163 e. The number of carbonyl (C=O) groups is 1. The van der Waals surface area contributed by atoms with Crippen molar-refractivity contribution in [1.29, 1.82) is 0 Å². The summed E-state index contributed by atoms with van der Waals surface area (Å²) in [6.07, 6.45) is 2.20. The molecule has 0 aromatic heterocycles. The Morgan fingerprint density at radius 1 is 0.914 bits per heavy atom. The second-order valence-electron chi connectivity index (χ2n) is 9.34. The largest absolute Gasteiger partial charge is 0.493 e. The molecular weight excluding hydrogens is 436 g/mol. The van der Waals surface area contributed by atoms with Crippen LogP contribution in [-0.4, -0.2) is 19.5 Å². The number of Topliss-reactive ketones (excluding diaryl/α,β-unsaturated/α-hetero) is 1. The lowest BCUT2D eigenvalue weighted by Crippen LogP contribution is -2.26. The Kier molecular flexibility index (Phi) is 6.49. The quantitative estimate of drug-likeness (QED) is 0.418. The van der Waals surface area contributed by atoms with Gasteiger partial charge >= 0.3 is 0 Å². The minimum absolute atomic E-state index is 0.152. The van der Waals surface area contributed by atoms with Crippen molar-refractivity contribution in [3.05, 3.63) is 94.7 Å². The number of aryl methyl sites for hydroxylation is 1. The molecule has 0 saturated heterocycles. The van der Waals surface area contributed by atoms with Gasteiger partial charge in [0.1, 0.15) is 0 Å². The van der Waals surface area contributed by atoms with E-state index >= 15 is 0 Å². The molecule has 2 atom stereocenters. The highest BCUT2D eigenvalue weighted by atomic mass is 16.5. The van der Waals surface area contributed by atoms with Gasteiger partial charge in [0.2, 0.25) is 0 Å². The number of hydrogen-bond donors (Lipinski definition) is 2. The molecule has 0 bridgehead atoms. The van der Waals surface area contributed by atoms with Crippen LogP contribution in [0.5, 0.6) is 11.5 Å². The maximum atomic E-state index is 13.7. The Morgan fingerprint density at radius 3 is 2.40 bits per heavy atom. The first kappa shape index (κ1) is 23.0. The number of para-hydroxylation sites is 2. The van der Waals surface area contributed by atoms with Crippen LogP contribution < -0.4 is 20.1 Å². The molecule has 1 aliphatic carbocycles. The van der Waals surface area contributed by atoms with E-state index in [0.717, 1.165) is 41.1 Å². The molecule has 5 heteroatoms. The number of methoxy groups -OCH3 is 1. The van der Waals surface area contributed by atoms with E-state index < -0.39 is 0 Å². The Labute approximate surface area is 207 Å². The lowest BCUT2D eigenvalue weighted by atomic mass is 9.78. The average molecular weight is 469 g/mol. The first-order valence-electron chi connectivity index (χ1n) is 12.3. The zero-order valence-electron chi connectivity index (χ0n) is 20.6. The van der Waals surface area contributed by atoms with Gasteiger partial charge in [0.15, 0.2) is 17.3 Å². The molecule has 2 N–H and O–H groups in total. The maximum absolute atomic E-state index is 13.7. The summed E-state index contributed by atoms with van der Waals surface area (Å²) in [7, 11) is 1.65. The van der Waals surface area contributed by atoms with Crippen molar-refractivity contribution < 1.29 is 14.3 Å². The number of fused-ring (bicyclic) bond motifs is 1. The van der Waals surface area contributed by atoms with Gasteiger partial charge in [0.25, 0.3) is 0 Å². The van der Waals surface area contributed by atoms with Crippen LogP contribution in [0, 0.1) is 6.92 Å². The topological polar surface area (TPSA) is 59.6 Å². The monoisotopic (exact) mass is 468 g/mol. The summed E-state index contributed by atoms with van der Waals surface area (Å²) in [4.78, 5) is 13.7.